The van der Waals surface area contributed by atoms with Crippen molar-refractivity contribution in [2.24, 2.45) is 9.98 Å². The van der Waals surface area contributed by atoms with Crippen LogP contribution in [0, 0.1) is 0 Å². The van der Waals surface area contributed by atoms with E-state index in [-0.39, 0.29) is 6.17 Å². The normalized spacial score (nSPS) is 12.2. The highest BCUT2D eigenvalue weighted by atomic mass is 15.3. The third kappa shape index (κ3) is 10.8. The molecular weight excluding hydrogens is 693 g/mol. The maximum Gasteiger partial charge on any atom is 0.232 e. The number of benzene rings is 7. The van der Waals surface area contributed by atoms with E-state index in [1.54, 1.807) is 0 Å². The average Bonchev–Trinajstić information content (AvgIpc) is 3.28. The molecule has 0 spiro atoms. The second-order valence-corrected chi connectivity index (χ2v) is 13.4. The molecule has 4 nitrogen and oxygen atoms in total. The Morgan fingerprint density at radius 2 is 0.860 bits per heavy atom. The van der Waals surface area contributed by atoms with Gasteiger partial charge in [0.1, 0.15) is 6.17 Å². The monoisotopic (exact) mass is 742 g/mol. The highest BCUT2D eigenvalue weighted by Gasteiger charge is 2.23. The third-order valence-electron chi connectivity index (χ3n) is 9.32. The van der Waals surface area contributed by atoms with Crippen LogP contribution in [0.2, 0.25) is 0 Å². The van der Waals surface area contributed by atoms with E-state index in [4.69, 9.17) is 9.98 Å². The number of rotatable bonds is 10. The summed E-state index contributed by atoms with van der Waals surface area (Å²) in [7, 11) is 0. The number of nitrogens with zero attached hydrogens (tertiary/aromatic N) is 4. The molecule has 0 saturated carbocycles. The van der Waals surface area contributed by atoms with Crippen LogP contribution >= 0.6 is 0 Å². The Kier molecular flexibility index (Phi) is 14.3. The second kappa shape index (κ2) is 20.6. The Hall–Kier alpha value is -7.04. The summed E-state index contributed by atoms with van der Waals surface area (Å²) in [6.07, 6.45) is 7.66. The van der Waals surface area contributed by atoms with E-state index in [0.717, 1.165) is 50.7 Å². The molecule has 0 heterocycles. The predicted molar refractivity (Wildman–Crippen MR) is 246 cm³/mol. The first-order valence-electron chi connectivity index (χ1n) is 19.5. The van der Waals surface area contributed by atoms with Crippen LogP contribution in [0.15, 0.2) is 234 Å². The number of hydrogen-bond acceptors (Lipinski definition) is 2. The summed E-state index contributed by atoms with van der Waals surface area (Å²) in [6, 6.07) is 69.4. The number of allylic oxidation sites excluding steroid dienone is 4. The molecule has 282 valence electrons. The van der Waals surface area contributed by atoms with Gasteiger partial charge in [-0.05, 0) is 104 Å². The molecule has 4 heteroatoms. The molecule has 7 aromatic rings. The Morgan fingerprint density at radius 1 is 0.456 bits per heavy atom. The minimum atomic E-state index is -0.343. The summed E-state index contributed by atoms with van der Waals surface area (Å²) < 4.78 is 0. The molecule has 0 aliphatic heterocycles. The van der Waals surface area contributed by atoms with Crippen molar-refractivity contribution in [2.45, 2.75) is 33.9 Å². The van der Waals surface area contributed by atoms with E-state index in [9.17, 15) is 0 Å². The first-order chi connectivity index (χ1) is 28.1. The van der Waals surface area contributed by atoms with E-state index in [1.165, 1.54) is 5.56 Å². The fourth-order valence-corrected chi connectivity index (χ4v) is 6.52. The van der Waals surface area contributed by atoms with E-state index in [0.29, 0.717) is 5.96 Å². The quantitative estimate of drug-likeness (QED) is 0.0794. The zero-order chi connectivity index (χ0) is 39.7. The van der Waals surface area contributed by atoms with Gasteiger partial charge in [-0.3, -0.25) is 4.90 Å². The molecule has 0 bridgehead atoms. The van der Waals surface area contributed by atoms with Crippen molar-refractivity contribution < 1.29 is 0 Å². The van der Waals surface area contributed by atoms with E-state index in [2.05, 4.69) is 181 Å². The van der Waals surface area contributed by atoms with Crippen molar-refractivity contribution in [2.75, 3.05) is 9.80 Å². The molecule has 0 aromatic heterocycles. The topological polar surface area (TPSA) is 31.2 Å². The van der Waals surface area contributed by atoms with Crippen LogP contribution in [0.4, 0.5) is 22.7 Å². The van der Waals surface area contributed by atoms with Crippen molar-refractivity contribution in [1.82, 2.24) is 0 Å². The lowest BCUT2D eigenvalue weighted by Gasteiger charge is -2.31. The molecule has 0 amide bonds. The van der Waals surface area contributed by atoms with Gasteiger partial charge in [0, 0.05) is 28.5 Å². The molecule has 1 atom stereocenters. The molecule has 0 aliphatic carbocycles. The lowest BCUT2D eigenvalue weighted by Crippen LogP contribution is -2.32. The fraction of sp³-hybridized carbons (Fsp3) is 0.0943. The minimum absolute atomic E-state index is 0.343. The van der Waals surface area contributed by atoms with Gasteiger partial charge in [0.25, 0.3) is 0 Å². The van der Waals surface area contributed by atoms with Gasteiger partial charge in [-0.2, -0.15) is 0 Å². The maximum absolute atomic E-state index is 5.53. The van der Waals surface area contributed by atoms with Crippen LogP contribution < -0.4 is 9.80 Å². The summed E-state index contributed by atoms with van der Waals surface area (Å²) in [5, 5.41) is 0. The Morgan fingerprint density at radius 3 is 1.37 bits per heavy atom. The standard InChI is InChI=1S/C47H40N4.C6H10/c1-36(38-20-8-3-9-21-38)48-47(51(44-30-16-7-17-31-44)46-33-19-27-42(35-46)40-24-12-5-13-25-40)49-37(2)50(43-28-14-6-15-29-43)45-32-18-26-41(34-45)39-22-10-4-11-23-39;1-3-5-6-4-2/h3-35,37H,1-2H3;3-6H,1-2H3/b48-36+,49-47+;5-3-,6-4-. The first kappa shape index (κ1) is 39.6. The van der Waals surface area contributed by atoms with E-state index >= 15 is 0 Å². The van der Waals surface area contributed by atoms with Crippen LogP contribution in [0.5, 0.6) is 0 Å². The summed E-state index contributed by atoms with van der Waals surface area (Å²) in [5.41, 5.74) is 10.5. The molecule has 0 saturated heterocycles. The van der Waals surface area contributed by atoms with Crippen LogP contribution in [-0.2, 0) is 0 Å². The largest absolute Gasteiger partial charge is 0.319 e. The second-order valence-electron chi connectivity index (χ2n) is 13.4. The van der Waals surface area contributed by atoms with Crippen molar-refractivity contribution in [3.63, 3.8) is 0 Å². The van der Waals surface area contributed by atoms with Crippen LogP contribution in [-0.4, -0.2) is 17.8 Å². The van der Waals surface area contributed by atoms with E-state index in [1.807, 2.05) is 80.6 Å². The molecular formula is C53H50N4. The SMILES string of the molecule is C/C(=N\C(=N/C(C)N(c1ccccc1)c1cccc(-c2ccccc2)c1)N(c1ccccc1)c1cccc(-c2ccccc2)c1)c1ccccc1.C/C=C\C=C/C. The van der Waals surface area contributed by atoms with Gasteiger partial charge in [0.15, 0.2) is 0 Å². The van der Waals surface area contributed by atoms with Gasteiger partial charge in [-0.1, -0.05) is 176 Å². The zero-order valence-electron chi connectivity index (χ0n) is 33.2. The molecule has 0 aliphatic rings. The summed E-state index contributed by atoms with van der Waals surface area (Å²) in [6.45, 7) is 8.19. The van der Waals surface area contributed by atoms with Crippen molar-refractivity contribution >= 4 is 34.4 Å². The summed E-state index contributed by atoms with van der Waals surface area (Å²) >= 11 is 0. The highest BCUT2D eigenvalue weighted by molar-refractivity contribution is 6.12. The molecule has 1 unspecified atom stereocenters. The van der Waals surface area contributed by atoms with Gasteiger partial charge in [-0.15, -0.1) is 0 Å². The Bertz CT molecular complexity index is 2370. The van der Waals surface area contributed by atoms with Gasteiger partial charge in [-0.25, -0.2) is 9.98 Å². The van der Waals surface area contributed by atoms with Crippen LogP contribution in [0.25, 0.3) is 22.3 Å². The van der Waals surface area contributed by atoms with Crippen LogP contribution in [0.3, 0.4) is 0 Å². The average molecular weight is 743 g/mol. The van der Waals surface area contributed by atoms with Crippen molar-refractivity contribution in [3.05, 3.63) is 230 Å². The number of guanidine groups is 1. The molecule has 7 rings (SSSR count). The fourth-order valence-electron chi connectivity index (χ4n) is 6.52. The van der Waals surface area contributed by atoms with Gasteiger partial charge in [0.05, 0.1) is 0 Å². The summed E-state index contributed by atoms with van der Waals surface area (Å²) in [4.78, 5) is 15.3. The zero-order valence-corrected chi connectivity index (χ0v) is 33.2. The molecule has 0 fully saturated rings. The van der Waals surface area contributed by atoms with Gasteiger partial charge < -0.3 is 4.90 Å². The molecule has 0 radical (unpaired) electrons. The van der Waals surface area contributed by atoms with Gasteiger partial charge >= 0.3 is 0 Å². The highest BCUT2D eigenvalue weighted by Crippen LogP contribution is 2.34. The Labute approximate surface area is 339 Å². The lowest BCUT2D eigenvalue weighted by atomic mass is 10.0. The molecule has 57 heavy (non-hydrogen) atoms. The molecule has 7 aromatic carbocycles. The Balaban J connectivity index is 0.000000850. The number of anilines is 4. The van der Waals surface area contributed by atoms with Crippen molar-refractivity contribution in [3.8, 4) is 22.3 Å². The number of para-hydroxylation sites is 2. The number of hydrogen-bond donors (Lipinski definition) is 0. The minimum Gasteiger partial charge on any atom is -0.319 e. The molecule has 0 N–H and O–H groups in total. The smallest absolute Gasteiger partial charge is 0.232 e. The van der Waals surface area contributed by atoms with Crippen molar-refractivity contribution in [1.29, 1.82) is 0 Å². The maximum atomic E-state index is 5.53. The summed E-state index contributed by atoms with van der Waals surface area (Å²) in [5.74, 6) is 0.584. The third-order valence-corrected chi connectivity index (χ3v) is 9.32. The lowest BCUT2D eigenvalue weighted by molar-refractivity contribution is 0.750. The van der Waals surface area contributed by atoms with E-state index < -0.39 is 0 Å². The van der Waals surface area contributed by atoms with Gasteiger partial charge in [0.2, 0.25) is 5.96 Å². The predicted octanol–water partition coefficient (Wildman–Crippen LogP) is 14.3. The first-order valence-corrected chi connectivity index (χ1v) is 19.5. The van der Waals surface area contributed by atoms with Crippen LogP contribution in [0.1, 0.15) is 33.3 Å². The number of aliphatic imine (C=N–C) groups is 2.